The van der Waals surface area contributed by atoms with E-state index in [1.807, 2.05) is 27.0 Å². The zero-order chi connectivity index (χ0) is 26.8. The van der Waals surface area contributed by atoms with Crippen molar-refractivity contribution in [1.82, 2.24) is 10.2 Å². The highest BCUT2D eigenvalue weighted by Crippen LogP contribution is 2.28. The fourth-order valence-corrected chi connectivity index (χ4v) is 4.48. The molecule has 1 aliphatic rings. The molecule has 2 aromatic rings. The van der Waals surface area contributed by atoms with Crippen molar-refractivity contribution in [3.63, 3.8) is 0 Å². The van der Waals surface area contributed by atoms with Crippen molar-refractivity contribution in [1.29, 1.82) is 0 Å². The molecule has 0 unspecified atom stereocenters. The third kappa shape index (κ3) is 8.02. The minimum Gasteiger partial charge on any atom is -0.490 e. The van der Waals surface area contributed by atoms with E-state index in [1.54, 1.807) is 47.4 Å². The van der Waals surface area contributed by atoms with Crippen LogP contribution in [0, 0.1) is 5.92 Å². The molecule has 0 aromatic heterocycles. The highest BCUT2D eigenvalue weighted by atomic mass is 16.5. The number of ether oxygens (including phenoxy) is 2. The van der Waals surface area contributed by atoms with E-state index in [-0.39, 0.29) is 36.5 Å². The van der Waals surface area contributed by atoms with E-state index in [0.717, 1.165) is 19.3 Å². The van der Waals surface area contributed by atoms with Crippen LogP contribution in [0.5, 0.6) is 5.75 Å². The summed E-state index contributed by atoms with van der Waals surface area (Å²) in [5, 5.41) is 16.1. The van der Waals surface area contributed by atoms with Crippen LogP contribution in [0.2, 0.25) is 0 Å². The zero-order valence-corrected chi connectivity index (χ0v) is 22.4. The summed E-state index contributed by atoms with van der Waals surface area (Å²) in [7, 11) is 1.89. The van der Waals surface area contributed by atoms with Crippen LogP contribution in [-0.2, 0) is 4.74 Å². The van der Waals surface area contributed by atoms with Crippen molar-refractivity contribution in [3.8, 4) is 5.75 Å². The van der Waals surface area contributed by atoms with Crippen LogP contribution in [0.1, 0.15) is 60.7 Å². The van der Waals surface area contributed by atoms with Crippen molar-refractivity contribution in [2.75, 3.05) is 38.7 Å². The predicted octanol–water partition coefficient (Wildman–Crippen LogP) is 3.95. The summed E-state index contributed by atoms with van der Waals surface area (Å²) in [4.78, 5) is 28.4. The molecule has 37 heavy (non-hydrogen) atoms. The van der Waals surface area contributed by atoms with Gasteiger partial charge in [-0.25, -0.2) is 0 Å². The van der Waals surface area contributed by atoms with E-state index in [1.165, 1.54) is 0 Å². The van der Waals surface area contributed by atoms with Gasteiger partial charge in [0.15, 0.2) is 0 Å². The Bertz CT molecular complexity index is 1020. The highest BCUT2D eigenvalue weighted by Gasteiger charge is 2.29. The summed E-state index contributed by atoms with van der Waals surface area (Å²) in [6.07, 6.45) is 2.53. The van der Waals surface area contributed by atoms with Crippen molar-refractivity contribution in [2.24, 2.45) is 5.92 Å². The lowest BCUT2D eigenvalue weighted by atomic mass is 10.0. The molecule has 0 bridgehead atoms. The molecule has 8 heteroatoms. The largest absolute Gasteiger partial charge is 0.490 e. The molecule has 8 nitrogen and oxygen atoms in total. The van der Waals surface area contributed by atoms with Gasteiger partial charge in [-0.3, -0.25) is 9.59 Å². The Morgan fingerprint density at radius 1 is 1.16 bits per heavy atom. The van der Waals surface area contributed by atoms with Gasteiger partial charge in [-0.05, 0) is 70.5 Å². The van der Waals surface area contributed by atoms with Gasteiger partial charge in [-0.15, -0.1) is 0 Å². The lowest BCUT2D eigenvalue weighted by Gasteiger charge is -2.34. The Morgan fingerprint density at radius 3 is 2.62 bits per heavy atom. The number of hydrogen-bond acceptors (Lipinski definition) is 6. The second-order valence-corrected chi connectivity index (χ2v) is 9.89. The molecule has 3 rings (SSSR count). The number of nitrogens with zero attached hydrogens (tertiary/aromatic N) is 1. The van der Waals surface area contributed by atoms with Gasteiger partial charge in [0.05, 0.1) is 30.4 Å². The first-order valence-electron chi connectivity index (χ1n) is 13.2. The van der Waals surface area contributed by atoms with Gasteiger partial charge < -0.3 is 30.1 Å². The summed E-state index contributed by atoms with van der Waals surface area (Å²) < 4.78 is 12.4. The number of aliphatic hydroxyl groups excluding tert-OH is 1. The van der Waals surface area contributed by atoms with Gasteiger partial charge in [-0.2, -0.15) is 0 Å². The van der Waals surface area contributed by atoms with Crippen LogP contribution in [0.4, 0.5) is 5.69 Å². The molecule has 1 heterocycles. The second kappa shape index (κ2) is 14.1. The van der Waals surface area contributed by atoms with E-state index in [2.05, 4.69) is 17.6 Å². The third-order valence-electron chi connectivity index (χ3n) is 6.75. The van der Waals surface area contributed by atoms with E-state index < -0.39 is 6.04 Å². The SMILES string of the molecule is CNC[C@H]1OCCCC[C@H](C)Oc2ccc(NC(=O)c3ccccc3)cc2C(=O)N([C@@H](C)CO)C[C@@H]1C. The molecule has 1 aliphatic heterocycles. The second-order valence-electron chi connectivity index (χ2n) is 9.89. The number of benzene rings is 2. The molecule has 4 atom stereocenters. The van der Waals surface area contributed by atoms with Crippen LogP contribution in [0.15, 0.2) is 48.5 Å². The molecule has 0 radical (unpaired) electrons. The van der Waals surface area contributed by atoms with Gasteiger partial charge in [0.25, 0.3) is 11.8 Å². The monoisotopic (exact) mass is 511 g/mol. The Kier molecular flexibility index (Phi) is 10.9. The molecular weight excluding hydrogens is 470 g/mol. The molecular formula is C29H41N3O5. The topological polar surface area (TPSA) is 100 Å². The maximum absolute atomic E-state index is 14.0. The number of hydrogen-bond donors (Lipinski definition) is 3. The summed E-state index contributed by atoms with van der Waals surface area (Å²) in [5.74, 6) is -0.0215. The first-order valence-corrected chi connectivity index (χ1v) is 13.2. The molecule has 3 N–H and O–H groups in total. The van der Waals surface area contributed by atoms with Crippen molar-refractivity contribution in [3.05, 3.63) is 59.7 Å². The smallest absolute Gasteiger partial charge is 0.258 e. The average Bonchev–Trinajstić information content (AvgIpc) is 2.90. The van der Waals surface area contributed by atoms with Crippen LogP contribution in [-0.4, -0.2) is 73.4 Å². The first-order chi connectivity index (χ1) is 17.8. The van der Waals surface area contributed by atoms with Crippen molar-refractivity contribution < 1.29 is 24.2 Å². The van der Waals surface area contributed by atoms with Gasteiger partial charge in [0.1, 0.15) is 5.75 Å². The lowest BCUT2D eigenvalue weighted by molar-refractivity contribution is -0.000452. The molecule has 2 aromatic carbocycles. The maximum Gasteiger partial charge on any atom is 0.258 e. The Balaban J connectivity index is 1.97. The number of aliphatic hydroxyl groups is 1. The van der Waals surface area contributed by atoms with Crippen LogP contribution >= 0.6 is 0 Å². The van der Waals surface area contributed by atoms with Gasteiger partial charge in [0, 0.05) is 36.9 Å². The molecule has 2 amide bonds. The third-order valence-corrected chi connectivity index (χ3v) is 6.75. The number of rotatable bonds is 6. The number of nitrogens with one attached hydrogen (secondary N) is 2. The van der Waals surface area contributed by atoms with E-state index in [4.69, 9.17) is 9.47 Å². The van der Waals surface area contributed by atoms with Crippen LogP contribution in [0.3, 0.4) is 0 Å². The van der Waals surface area contributed by atoms with Crippen molar-refractivity contribution in [2.45, 2.75) is 58.3 Å². The molecule has 0 spiro atoms. The normalized spacial score (nSPS) is 22.4. The predicted molar refractivity (Wildman–Crippen MR) is 145 cm³/mol. The number of carbonyl (C=O) groups excluding carboxylic acids is 2. The Morgan fingerprint density at radius 2 is 1.92 bits per heavy atom. The maximum atomic E-state index is 14.0. The number of carbonyl (C=O) groups is 2. The summed E-state index contributed by atoms with van der Waals surface area (Å²) in [5.41, 5.74) is 1.38. The fraction of sp³-hybridized carbons (Fsp3) is 0.517. The molecule has 0 fully saturated rings. The van der Waals surface area contributed by atoms with E-state index in [9.17, 15) is 14.7 Å². The van der Waals surface area contributed by atoms with Gasteiger partial charge in [-0.1, -0.05) is 25.1 Å². The highest BCUT2D eigenvalue weighted by molar-refractivity contribution is 6.05. The number of amides is 2. The molecule has 0 aliphatic carbocycles. The van der Waals surface area contributed by atoms with Gasteiger partial charge in [0.2, 0.25) is 0 Å². The zero-order valence-electron chi connectivity index (χ0n) is 22.4. The Labute approximate surface area is 220 Å². The van der Waals surface area contributed by atoms with Crippen molar-refractivity contribution >= 4 is 17.5 Å². The summed E-state index contributed by atoms with van der Waals surface area (Å²) in [6.45, 7) is 7.43. The number of anilines is 1. The average molecular weight is 512 g/mol. The van der Waals surface area contributed by atoms with Crippen LogP contribution < -0.4 is 15.4 Å². The van der Waals surface area contributed by atoms with Gasteiger partial charge >= 0.3 is 0 Å². The minimum absolute atomic E-state index is 0.0256. The number of fused-ring (bicyclic) bond motifs is 1. The van der Waals surface area contributed by atoms with E-state index >= 15 is 0 Å². The van der Waals surface area contributed by atoms with Crippen LogP contribution in [0.25, 0.3) is 0 Å². The first kappa shape index (κ1) is 28.6. The molecule has 0 saturated carbocycles. The standard InChI is InChI=1S/C29H41N3O5/c1-20-18-32(21(2)19-33)29(35)25-16-24(31-28(34)23-11-6-5-7-12-23)13-14-26(25)37-22(3)10-8-9-15-36-27(20)17-30-4/h5-7,11-14,16,20-22,27,30,33H,8-10,15,17-19H2,1-4H3,(H,31,34)/t20-,21-,22-,27+/m0/s1. The molecule has 202 valence electrons. The lowest BCUT2D eigenvalue weighted by Crippen LogP contribution is -2.47. The quantitative estimate of drug-likeness (QED) is 0.543. The fourth-order valence-electron chi connectivity index (χ4n) is 4.48. The van der Waals surface area contributed by atoms with E-state index in [0.29, 0.717) is 42.3 Å². The minimum atomic E-state index is -0.411. The summed E-state index contributed by atoms with van der Waals surface area (Å²) in [6, 6.07) is 13.7. The number of likely N-dealkylation sites (N-methyl/N-ethyl adjacent to an activating group) is 1. The Hall–Kier alpha value is -2.94. The summed E-state index contributed by atoms with van der Waals surface area (Å²) >= 11 is 0. The molecule has 0 saturated heterocycles.